The summed E-state index contributed by atoms with van der Waals surface area (Å²) in [5, 5.41) is 5.42. The molecule has 1 fully saturated rings. The average Bonchev–Trinajstić information content (AvgIpc) is 2.34. The molecule has 60 valence electrons. The third-order valence-corrected chi connectivity index (χ3v) is 2.68. The summed E-state index contributed by atoms with van der Waals surface area (Å²) in [5.41, 5.74) is 0. The Hall–Kier alpha value is 0.230. The lowest BCUT2D eigenvalue weighted by atomic mass is 10.3. The smallest absolute Gasteiger partial charge is 0.0350 e. The first-order chi connectivity index (χ1) is 4.74. The Morgan fingerprint density at radius 2 is 2.40 bits per heavy atom. The van der Waals surface area contributed by atoms with E-state index in [9.17, 15) is 0 Å². The fourth-order valence-corrected chi connectivity index (χ4v) is 1.64. The van der Waals surface area contributed by atoms with Crippen LogP contribution >= 0.6 is 12.1 Å². The highest BCUT2D eigenvalue weighted by Crippen LogP contribution is 2.15. The van der Waals surface area contributed by atoms with Crippen molar-refractivity contribution < 1.29 is 0 Å². The summed E-state index contributed by atoms with van der Waals surface area (Å²) in [7, 11) is 4.20. The van der Waals surface area contributed by atoms with E-state index in [4.69, 9.17) is 5.14 Å². The zero-order valence-electron chi connectivity index (χ0n) is 6.58. The molecule has 0 saturated carbocycles. The molecule has 3 nitrogen and oxygen atoms in total. The molecule has 0 unspecified atom stereocenters. The summed E-state index contributed by atoms with van der Waals surface area (Å²) < 4.78 is 2.13. The lowest BCUT2D eigenvalue weighted by Gasteiger charge is -2.19. The van der Waals surface area contributed by atoms with E-state index >= 15 is 0 Å². The van der Waals surface area contributed by atoms with Crippen molar-refractivity contribution in [1.82, 2.24) is 9.21 Å². The predicted molar refractivity (Wildman–Crippen MR) is 45.4 cm³/mol. The van der Waals surface area contributed by atoms with Gasteiger partial charge in [-0.2, -0.15) is 0 Å². The molecular formula is C6H15N3S. The molecule has 0 aromatic rings. The third-order valence-electron chi connectivity index (χ3n) is 2.05. The summed E-state index contributed by atoms with van der Waals surface area (Å²) in [5.74, 6) is 0. The van der Waals surface area contributed by atoms with Crippen LogP contribution in [-0.4, -0.2) is 42.4 Å². The van der Waals surface area contributed by atoms with Crippen LogP contribution in [0.25, 0.3) is 0 Å². The number of rotatable bonds is 2. The molecule has 1 saturated heterocycles. The topological polar surface area (TPSA) is 32.5 Å². The number of nitrogens with two attached hydrogens (primary N) is 1. The molecule has 0 aromatic heterocycles. The average molecular weight is 161 g/mol. The Labute approximate surface area is 66.8 Å². The molecule has 1 atom stereocenters. The van der Waals surface area contributed by atoms with Gasteiger partial charge < -0.3 is 4.90 Å². The molecule has 1 rings (SSSR count). The first-order valence-corrected chi connectivity index (χ1v) is 4.36. The van der Waals surface area contributed by atoms with Crippen molar-refractivity contribution in [3.63, 3.8) is 0 Å². The Morgan fingerprint density at radius 3 is 2.80 bits per heavy atom. The van der Waals surface area contributed by atoms with E-state index in [0.29, 0.717) is 6.04 Å². The third kappa shape index (κ3) is 1.85. The first kappa shape index (κ1) is 8.33. The minimum absolute atomic E-state index is 0.653. The fraction of sp³-hybridized carbons (Fsp3) is 1.00. The van der Waals surface area contributed by atoms with E-state index in [1.54, 1.807) is 0 Å². The molecule has 0 bridgehead atoms. The molecule has 2 N–H and O–H groups in total. The van der Waals surface area contributed by atoms with Crippen molar-refractivity contribution in [2.45, 2.75) is 12.5 Å². The molecule has 0 aliphatic carbocycles. The van der Waals surface area contributed by atoms with Gasteiger partial charge in [0, 0.05) is 24.7 Å². The lowest BCUT2D eigenvalue weighted by molar-refractivity contribution is 0.365. The van der Waals surface area contributed by atoms with Crippen molar-refractivity contribution in [1.29, 1.82) is 0 Å². The highest BCUT2D eigenvalue weighted by Gasteiger charge is 2.22. The predicted octanol–water partition coefficient (Wildman–Crippen LogP) is 0.144. The molecule has 0 spiro atoms. The van der Waals surface area contributed by atoms with E-state index in [1.165, 1.54) is 25.1 Å². The van der Waals surface area contributed by atoms with Gasteiger partial charge in [-0.05, 0) is 27.1 Å². The van der Waals surface area contributed by atoms with Crippen molar-refractivity contribution >= 4 is 12.1 Å². The zero-order valence-corrected chi connectivity index (χ0v) is 7.40. The van der Waals surface area contributed by atoms with Gasteiger partial charge in [0.15, 0.2) is 0 Å². The largest absolute Gasteiger partial charge is 0.305 e. The summed E-state index contributed by atoms with van der Waals surface area (Å²) in [4.78, 5) is 2.33. The fourth-order valence-electron chi connectivity index (χ4n) is 1.29. The maximum Gasteiger partial charge on any atom is 0.0350 e. The molecule has 0 radical (unpaired) electrons. The Balaban J connectivity index is 2.29. The number of hydrogen-bond acceptors (Lipinski definition) is 4. The van der Waals surface area contributed by atoms with Crippen LogP contribution in [-0.2, 0) is 0 Å². The summed E-state index contributed by atoms with van der Waals surface area (Å²) in [6.45, 7) is 2.36. The normalized spacial score (nSPS) is 28.2. The number of hydrogen-bond donors (Lipinski definition) is 1. The Morgan fingerprint density at radius 1 is 1.70 bits per heavy atom. The van der Waals surface area contributed by atoms with Crippen LogP contribution in [0.3, 0.4) is 0 Å². The Bertz CT molecular complexity index is 109. The van der Waals surface area contributed by atoms with Crippen LogP contribution in [0.4, 0.5) is 0 Å². The number of likely N-dealkylation sites (tertiary alicyclic amines) is 1. The maximum atomic E-state index is 5.42. The van der Waals surface area contributed by atoms with Crippen LogP contribution in [0.15, 0.2) is 0 Å². The van der Waals surface area contributed by atoms with Crippen LogP contribution in [0.1, 0.15) is 6.42 Å². The lowest BCUT2D eigenvalue weighted by Crippen LogP contribution is -2.29. The van der Waals surface area contributed by atoms with E-state index in [0.717, 1.165) is 6.54 Å². The maximum absolute atomic E-state index is 5.42. The van der Waals surface area contributed by atoms with Crippen LogP contribution in [0, 0.1) is 0 Å². The van der Waals surface area contributed by atoms with Gasteiger partial charge in [0.05, 0.1) is 0 Å². The molecule has 0 amide bonds. The van der Waals surface area contributed by atoms with Crippen molar-refractivity contribution in [3.8, 4) is 0 Å². The van der Waals surface area contributed by atoms with Gasteiger partial charge in [-0.25, -0.2) is 4.31 Å². The second kappa shape index (κ2) is 3.57. The summed E-state index contributed by atoms with van der Waals surface area (Å²) in [6, 6.07) is 0.653. The molecule has 1 aliphatic heterocycles. The minimum atomic E-state index is 0.653. The monoisotopic (exact) mass is 161 g/mol. The van der Waals surface area contributed by atoms with E-state index in [2.05, 4.69) is 23.3 Å². The van der Waals surface area contributed by atoms with E-state index in [-0.39, 0.29) is 0 Å². The zero-order chi connectivity index (χ0) is 7.56. The first-order valence-electron chi connectivity index (χ1n) is 3.52. The van der Waals surface area contributed by atoms with Gasteiger partial charge in [-0.3, -0.25) is 5.14 Å². The second-order valence-corrected chi connectivity index (χ2v) is 3.64. The summed E-state index contributed by atoms with van der Waals surface area (Å²) >= 11 is 1.33. The summed E-state index contributed by atoms with van der Waals surface area (Å²) in [6.07, 6.45) is 1.25. The van der Waals surface area contributed by atoms with E-state index in [1.807, 2.05) is 0 Å². The molecule has 1 aliphatic rings. The van der Waals surface area contributed by atoms with Crippen LogP contribution in [0.5, 0.6) is 0 Å². The highest BCUT2D eigenvalue weighted by molar-refractivity contribution is 7.94. The molecule has 10 heavy (non-hydrogen) atoms. The molecular weight excluding hydrogens is 146 g/mol. The molecule has 1 heterocycles. The van der Waals surface area contributed by atoms with Crippen LogP contribution < -0.4 is 5.14 Å². The van der Waals surface area contributed by atoms with E-state index < -0.39 is 0 Å². The molecule has 4 heteroatoms. The van der Waals surface area contributed by atoms with Crippen LogP contribution in [0.2, 0.25) is 0 Å². The van der Waals surface area contributed by atoms with Gasteiger partial charge in [0.2, 0.25) is 0 Å². The van der Waals surface area contributed by atoms with Gasteiger partial charge >= 0.3 is 0 Å². The second-order valence-electron chi connectivity index (χ2n) is 2.86. The Kier molecular flexibility index (Phi) is 2.97. The SMILES string of the molecule is CN1CC[C@@H](N(C)SN)C1. The minimum Gasteiger partial charge on any atom is -0.305 e. The molecule has 0 aromatic carbocycles. The van der Waals surface area contributed by atoms with Crippen molar-refractivity contribution in [3.05, 3.63) is 0 Å². The van der Waals surface area contributed by atoms with Crippen molar-refractivity contribution in [2.75, 3.05) is 27.2 Å². The van der Waals surface area contributed by atoms with Gasteiger partial charge in [-0.1, -0.05) is 0 Å². The standard InChI is InChI=1S/C6H15N3S/c1-8-4-3-6(5-8)9(2)10-7/h6H,3-5,7H2,1-2H3/t6-/m1/s1. The van der Waals surface area contributed by atoms with Gasteiger partial charge in [0.25, 0.3) is 0 Å². The van der Waals surface area contributed by atoms with Gasteiger partial charge in [0.1, 0.15) is 0 Å². The quantitative estimate of drug-likeness (QED) is 0.584. The number of likely N-dealkylation sites (N-methyl/N-ethyl adjacent to an activating group) is 2. The number of nitrogens with zero attached hydrogens (tertiary/aromatic N) is 2. The van der Waals surface area contributed by atoms with Crippen molar-refractivity contribution in [2.24, 2.45) is 5.14 Å². The van der Waals surface area contributed by atoms with Gasteiger partial charge in [-0.15, -0.1) is 0 Å². The highest BCUT2D eigenvalue weighted by atomic mass is 32.2.